The van der Waals surface area contributed by atoms with E-state index in [-0.39, 0.29) is 5.91 Å². The van der Waals surface area contributed by atoms with Gasteiger partial charge in [0, 0.05) is 44.0 Å². The summed E-state index contributed by atoms with van der Waals surface area (Å²) >= 11 is 0. The summed E-state index contributed by atoms with van der Waals surface area (Å²) in [6, 6.07) is 23.3. The van der Waals surface area contributed by atoms with Gasteiger partial charge < -0.3 is 20.7 Å². The molecule has 1 amide bonds. The molecule has 5 rings (SSSR count). The number of carbonyl (C=O) groups excluding carboxylic acids is 2. The maximum absolute atomic E-state index is 13.2. The van der Waals surface area contributed by atoms with E-state index in [4.69, 9.17) is 4.74 Å². The zero-order valence-electron chi connectivity index (χ0n) is 20.3. The molecule has 7 nitrogen and oxygen atoms in total. The minimum Gasteiger partial charge on any atom is -0.462 e. The molecule has 0 spiro atoms. The van der Waals surface area contributed by atoms with Gasteiger partial charge >= 0.3 is 5.97 Å². The van der Waals surface area contributed by atoms with Crippen LogP contribution < -0.4 is 16.0 Å². The zero-order valence-corrected chi connectivity index (χ0v) is 20.3. The summed E-state index contributed by atoms with van der Waals surface area (Å²) in [6.07, 6.45) is 0. The molecule has 1 saturated heterocycles. The van der Waals surface area contributed by atoms with E-state index in [0.29, 0.717) is 29.1 Å². The number of nitrogens with zero attached hydrogens (tertiary/aromatic N) is 1. The third kappa shape index (κ3) is 5.17. The normalized spacial score (nSPS) is 16.8. The number of rotatable bonds is 7. The Balaban J connectivity index is 1.46. The molecule has 0 saturated carbocycles. The SMILES string of the molecule is CCOC(=O)c1ccc2c(c1)NC(=O)/C2=C(\Nc1ccc(CN2CCNCC2)cc1)c1ccccc1. The van der Waals surface area contributed by atoms with E-state index in [0.717, 1.165) is 49.5 Å². The Morgan fingerprint density at radius 2 is 1.72 bits per heavy atom. The number of amides is 1. The first-order valence-electron chi connectivity index (χ1n) is 12.3. The summed E-state index contributed by atoms with van der Waals surface area (Å²) in [7, 11) is 0. The van der Waals surface area contributed by atoms with Crippen molar-refractivity contribution in [3.05, 3.63) is 95.1 Å². The van der Waals surface area contributed by atoms with Gasteiger partial charge in [-0.2, -0.15) is 0 Å². The molecule has 3 aromatic rings. The first kappa shape index (κ1) is 23.8. The van der Waals surface area contributed by atoms with Gasteiger partial charge in [-0.05, 0) is 42.3 Å². The summed E-state index contributed by atoms with van der Waals surface area (Å²) in [5, 5.41) is 9.81. The lowest BCUT2D eigenvalue weighted by atomic mass is 9.99. The number of fused-ring (bicyclic) bond motifs is 1. The fraction of sp³-hybridized carbons (Fsp3) is 0.241. The monoisotopic (exact) mass is 482 g/mol. The second kappa shape index (κ2) is 10.8. The van der Waals surface area contributed by atoms with Crippen LogP contribution in [-0.2, 0) is 16.1 Å². The molecule has 0 aliphatic carbocycles. The quantitative estimate of drug-likeness (QED) is 0.346. The molecule has 3 aromatic carbocycles. The van der Waals surface area contributed by atoms with Gasteiger partial charge in [0.05, 0.1) is 29.1 Å². The Morgan fingerprint density at radius 3 is 2.44 bits per heavy atom. The Bertz CT molecular complexity index is 1280. The first-order chi connectivity index (χ1) is 17.6. The molecule has 36 heavy (non-hydrogen) atoms. The summed E-state index contributed by atoms with van der Waals surface area (Å²) < 4.78 is 5.11. The van der Waals surface area contributed by atoms with Crippen LogP contribution in [0, 0.1) is 0 Å². The number of hydrogen-bond donors (Lipinski definition) is 3. The van der Waals surface area contributed by atoms with Crippen molar-refractivity contribution in [1.82, 2.24) is 10.2 Å². The summed E-state index contributed by atoms with van der Waals surface area (Å²) in [4.78, 5) is 27.8. The van der Waals surface area contributed by atoms with E-state index < -0.39 is 5.97 Å². The highest BCUT2D eigenvalue weighted by atomic mass is 16.5. The predicted octanol–water partition coefficient (Wildman–Crippen LogP) is 4.20. The highest BCUT2D eigenvalue weighted by Gasteiger charge is 2.29. The van der Waals surface area contributed by atoms with Crippen LogP contribution in [0.4, 0.5) is 11.4 Å². The van der Waals surface area contributed by atoms with Crippen LogP contribution in [0.25, 0.3) is 11.3 Å². The number of nitrogens with one attached hydrogen (secondary N) is 3. The second-order valence-corrected chi connectivity index (χ2v) is 8.90. The van der Waals surface area contributed by atoms with Crippen LogP contribution >= 0.6 is 0 Å². The minimum absolute atomic E-state index is 0.215. The lowest BCUT2D eigenvalue weighted by molar-refractivity contribution is -0.110. The number of benzene rings is 3. The summed E-state index contributed by atoms with van der Waals surface area (Å²) in [5.41, 5.74) is 6.06. The highest BCUT2D eigenvalue weighted by Crippen LogP contribution is 2.38. The number of piperazine rings is 1. The average Bonchev–Trinajstić information content (AvgIpc) is 3.24. The third-order valence-corrected chi connectivity index (χ3v) is 6.43. The van der Waals surface area contributed by atoms with Crippen molar-refractivity contribution in [2.24, 2.45) is 0 Å². The molecular weight excluding hydrogens is 452 g/mol. The maximum atomic E-state index is 13.2. The molecule has 0 bridgehead atoms. The van der Waals surface area contributed by atoms with Crippen molar-refractivity contribution in [1.29, 1.82) is 0 Å². The fourth-order valence-electron chi connectivity index (χ4n) is 4.61. The molecule has 0 aromatic heterocycles. The van der Waals surface area contributed by atoms with Crippen LogP contribution in [0.3, 0.4) is 0 Å². The third-order valence-electron chi connectivity index (χ3n) is 6.43. The molecule has 2 aliphatic rings. The standard InChI is InChI=1S/C29H30N4O3/c1-2-36-29(35)22-10-13-24-25(18-22)32-28(34)26(24)27(21-6-4-3-5-7-21)31-23-11-8-20(9-12-23)19-33-16-14-30-15-17-33/h3-13,18,30-31H,2,14-17,19H2,1H3,(H,32,34)/b27-26-. The van der Waals surface area contributed by atoms with Gasteiger partial charge in [0.2, 0.25) is 0 Å². The van der Waals surface area contributed by atoms with E-state index >= 15 is 0 Å². The van der Waals surface area contributed by atoms with Gasteiger partial charge in [-0.25, -0.2) is 4.79 Å². The van der Waals surface area contributed by atoms with Crippen molar-refractivity contribution in [3.63, 3.8) is 0 Å². The summed E-state index contributed by atoms with van der Waals surface area (Å²) in [5.74, 6) is -0.623. The van der Waals surface area contributed by atoms with E-state index in [1.807, 2.05) is 30.3 Å². The summed E-state index contributed by atoms with van der Waals surface area (Å²) in [6.45, 7) is 7.14. The second-order valence-electron chi connectivity index (χ2n) is 8.90. The molecule has 0 atom stereocenters. The molecule has 0 unspecified atom stereocenters. The Kier molecular flexibility index (Phi) is 7.11. The number of ether oxygens (including phenoxy) is 1. The molecule has 2 aliphatic heterocycles. The predicted molar refractivity (Wildman–Crippen MR) is 142 cm³/mol. The Hall–Kier alpha value is -3.94. The Morgan fingerprint density at radius 1 is 0.972 bits per heavy atom. The molecule has 2 heterocycles. The smallest absolute Gasteiger partial charge is 0.338 e. The van der Waals surface area contributed by atoms with Crippen LogP contribution in [-0.4, -0.2) is 49.6 Å². The van der Waals surface area contributed by atoms with Crippen molar-refractivity contribution in [3.8, 4) is 0 Å². The topological polar surface area (TPSA) is 82.7 Å². The number of esters is 1. The van der Waals surface area contributed by atoms with Gasteiger partial charge in [-0.15, -0.1) is 0 Å². The molecule has 7 heteroatoms. The van der Waals surface area contributed by atoms with Gasteiger partial charge in [0.25, 0.3) is 5.91 Å². The minimum atomic E-state index is -0.408. The van der Waals surface area contributed by atoms with Gasteiger partial charge in [-0.1, -0.05) is 48.5 Å². The van der Waals surface area contributed by atoms with Crippen LogP contribution in [0.5, 0.6) is 0 Å². The van der Waals surface area contributed by atoms with Crippen molar-refractivity contribution >= 4 is 34.5 Å². The lowest BCUT2D eigenvalue weighted by Gasteiger charge is -2.27. The van der Waals surface area contributed by atoms with Crippen molar-refractivity contribution in [2.45, 2.75) is 13.5 Å². The van der Waals surface area contributed by atoms with E-state index in [2.05, 4.69) is 45.1 Å². The molecule has 1 fully saturated rings. The largest absolute Gasteiger partial charge is 0.462 e. The molecule has 0 radical (unpaired) electrons. The van der Waals surface area contributed by atoms with E-state index in [1.165, 1.54) is 5.56 Å². The molecule has 3 N–H and O–H groups in total. The number of carbonyl (C=O) groups is 2. The van der Waals surface area contributed by atoms with E-state index in [9.17, 15) is 9.59 Å². The molecular formula is C29H30N4O3. The van der Waals surface area contributed by atoms with Gasteiger partial charge in [0.1, 0.15) is 0 Å². The van der Waals surface area contributed by atoms with Crippen LogP contribution in [0.1, 0.15) is 34.0 Å². The van der Waals surface area contributed by atoms with Crippen molar-refractivity contribution in [2.75, 3.05) is 43.4 Å². The van der Waals surface area contributed by atoms with E-state index in [1.54, 1.807) is 25.1 Å². The fourth-order valence-corrected chi connectivity index (χ4v) is 4.61. The van der Waals surface area contributed by atoms with Gasteiger partial charge in [-0.3, -0.25) is 9.69 Å². The molecule has 184 valence electrons. The zero-order chi connectivity index (χ0) is 24.9. The average molecular weight is 483 g/mol. The van der Waals surface area contributed by atoms with Gasteiger partial charge in [0.15, 0.2) is 0 Å². The maximum Gasteiger partial charge on any atom is 0.338 e. The van der Waals surface area contributed by atoms with Crippen molar-refractivity contribution < 1.29 is 14.3 Å². The Labute approximate surface area is 211 Å². The number of anilines is 2. The van der Waals surface area contributed by atoms with Crippen LogP contribution in [0.15, 0.2) is 72.8 Å². The first-order valence-corrected chi connectivity index (χ1v) is 12.3. The number of hydrogen-bond acceptors (Lipinski definition) is 6. The lowest BCUT2D eigenvalue weighted by Crippen LogP contribution is -2.42. The highest BCUT2D eigenvalue weighted by molar-refractivity contribution is 6.37. The van der Waals surface area contributed by atoms with Crippen LogP contribution in [0.2, 0.25) is 0 Å².